The van der Waals surface area contributed by atoms with Gasteiger partial charge in [-0.25, -0.2) is 0 Å². The SMILES string of the molecule is O=C1CCC(N2C(=O)c3ccc(N4CCN(C[C@@H]5C[C@H]6C[C@@H]5CN6)CC4)cc3C2=O)C(=O)N1. The standard InChI is InChI=1S/C24H29N5O4/c30-21-4-3-20(22(31)26-21)29-23(32)18-2-1-17(11-19(18)24(29)33)28-7-5-27(6-8-28)13-15-10-16-9-14(15)12-25-16/h1-2,11,14-16,20,25H,3-10,12-13H2,(H,26,30,31)/t14-,15+,16-,20?/m1/s1. The van der Waals surface area contributed by atoms with E-state index in [0.717, 1.165) is 54.6 Å². The van der Waals surface area contributed by atoms with Crippen molar-refractivity contribution in [3.05, 3.63) is 29.3 Å². The number of anilines is 1. The average molecular weight is 452 g/mol. The van der Waals surface area contributed by atoms with E-state index >= 15 is 0 Å². The van der Waals surface area contributed by atoms with Gasteiger partial charge in [0.2, 0.25) is 11.8 Å². The Balaban J connectivity index is 1.12. The summed E-state index contributed by atoms with van der Waals surface area (Å²) in [7, 11) is 0. The van der Waals surface area contributed by atoms with Crippen molar-refractivity contribution in [2.75, 3.05) is 44.2 Å². The number of benzene rings is 1. The number of hydrogen-bond donors (Lipinski definition) is 2. The Hall–Kier alpha value is -2.78. The van der Waals surface area contributed by atoms with Crippen LogP contribution in [0.2, 0.25) is 0 Å². The summed E-state index contributed by atoms with van der Waals surface area (Å²) < 4.78 is 0. The number of piperazine rings is 1. The number of imide groups is 2. The van der Waals surface area contributed by atoms with Gasteiger partial charge >= 0.3 is 0 Å². The molecule has 1 aromatic carbocycles. The quantitative estimate of drug-likeness (QED) is 0.631. The van der Waals surface area contributed by atoms with Crippen LogP contribution in [0.4, 0.5) is 5.69 Å². The van der Waals surface area contributed by atoms with E-state index in [0.29, 0.717) is 11.1 Å². The molecular formula is C24H29N5O4. The van der Waals surface area contributed by atoms with E-state index in [9.17, 15) is 19.2 Å². The second-order valence-electron chi connectivity index (χ2n) is 10.1. The minimum atomic E-state index is -0.928. The highest BCUT2D eigenvalue weighted by Gasteiger charge is 2.45. The average Bonchev–Trinajstić information content (AvgIpc) is 3.49. The molecule has 1 saturated carbocycles. The third kappa shape index (κ3) is 3.54. The second-order valence-corrected chi connectivity index (χ2v) is 10.1. The van der Waals surface area contributed by atoms with Gasteiger partial charge < -0.3 is 10.2 Å². The molecule has 4 aliphatic heterocycles. The number of carbonyl (C=O) groups excluding carboxylic acids is 4. The highest BCUT2D eigenvalue weighted by Crippen LogP contribution is 2.37. The minimum absolute atomic E-state index is 0.123. The van der Waals surface area contributed by atoms with Crippen LogP contribution in [0.1, 0.15) is 46.4 Å². The molecule has 1 unspecified atom stereocenters. The monoisotopic (exact) mass is 451 g/mol. The highest BCUT2D eigenvalue weighted by atomic mass is 16.2. The fourth-order valence-electron chi connectivity index (χ4n) is 6.35. The van der Waals surface area contributed by atoms with Gasteiger partial charge in [0.1, 0.15) is 6.04 Å². The van der Waals surface area contributed by atoms with Crippen LogP contribution in [-0.4, -0.2) is 84.8 Å². The zero-order valence-corrected chi connectivity index (χ0v) is 18.6. The normalized spacial score (nSPS) is 32.0. The van der Waals surface area contributed by atoms with Crippen molar-refractivity contribution in [3.63, 3.8) is 0 Å². The molecular weight excluding hydrogens is 422 g/mol. The molecule has 33 heavy (non-hydrogen) atoms. The molecule has 0 radical (unpaired) electrons. The lowest BCUT2D eigenvalue weighted by Crippen LogP contribution is -2.54. The largest absolute Gasteiger partial charge is 0.369 e. The molecule has 9 nitrogen and oxygen atoms in total. The van der Waals surface area contributed by atoms with Crippen molar-refractivity contribution in [1.29, 1.82) is 0 Å². The number of carbonyl (C=O) groups is 4. The van der Waals surface area contributed by atoms with Crippen LogP contribution < -0.4 is 15.5 Å². The third-order valence-electron chi connectivity index (χ3n) is 8.16. The van der Waals surface area contributed by atoms with E-state index in [4.69, 9.17) is 0 Å². The summed E-state index contributed by atoms with van der Waals surface area (Å²) in [5.74, 6) is -0.212. The molecule has 4 amide bonds. The number of nitrogens with zero attached hydrogens (tertiary/aromatic N) is 3. The molecule has 0 spiro atoms. The Morgan fingerprint density at radius 2 is 1.73 bits per heavy atom. The first-order chi connectivity index (χ1) is 16.0. The minimum Gasteiger partial charge on any atom is -0.369 e. The van der Waals surface area contributed by atoms with Gasteiger partial charge in [0, 0.05) is 50.9 Å². The van der Waals surface area contributed by atoms with E-state index in [1.54, 1.807) is 12.1 Å². The van der Waals surface area contributed by atoms with Crippen LogP contribution in [0, 0.1) is 11.8 Å². The first-order valence-corrected chi connectivity index (χ1v) is 12.0. The topological polar surface area (TPSA) is 102 Å². The van der Waals surface area contributed by atoms with Gasteiger partial charge in [0.25, 0.3) is 11.8 Å². The lowest BCUT2D eigenvalue weighted by atomic mass is 9.94. The van der Waals surface area contributed by atoms with Crippen molar-refractivity contribution < 1.29 is 19.2 Å². The molecule has 1 aromatic rings. The second kappa shape index (κ2) is 7.92. The van der Waals surface area contributed by atoms with Gasteiger partial charge in [0.15, 0.2) is 0 Å². The molecule has 6 rings (SSSR count). The summed E-state index contributed by atoms with van der Waals surface area (Å²) in [5.41, 5.74) is 1.61. The number of rotatable bonds is 4. The molecule has 174 valence electrons. The van der Waals surface area contributed by atoms with Crippen molar-refractivity contribution in [2.24, 2.45) is 11.8 Å². The molecule has 5 aliphatic rings. The fraction of sp³-hybridized carbons (Fsp3) is 0.583. The molecule has 0 aromatic heterocycles. The Morgan fingerprint density at radius 3 is 2.42 bits per heavy atom. The number of hydrogen-bond acceptors (Lipinski definition) is 7. The zero-order valence-electron chi connectivity index (χ0n) is 18.6. The zero-order chi connectivity index (χ0) is 22.7. The van der Waals surface area contributed by atoms with Crippen molar-refractivity contribution in [1.82, 2.24) is 20.4 Å². The Bertz CT molecular complexity index is 1030. The van der Waals surface area contributed by atoms with Gasteiger partial charge in [-0.05, 0) is 55.8 Å². The van der Waals surface area contributed by atoms with Crippen LogP contribution in [-0.2, 0) is 9.59 Å². The Kier molecular flexibility index (Phi) is 4.99. The first kappa shape index (κ1) is 20.8. The predicted molar refractivity (Wildman–Crippen MR) is 120 cm³/mol. The molecule has 3 saturated heterocycles. The van der Waals surface area contributed by atoms with E-state index < -0.39 is 23.8 Å². The lowest BCUT2D eigenvalue weighted by molar-refractivity contribution is -0.136. The van der Waals surface area contributed by atoms with Crippen LogP contribution in [0.25, 0.3) is 0 Å². The highest BCUT2D eigenvalue weighted by molar-refractivity contribution is 6.23. The molecule has 2 N–H and O–H groups in total. The van der Waals surface area contributed by atoms with Crippen LogP contribution in [0.15, 0.2) is 18.2 Å². The first-order valence-electron chi connectivity index (χ1n) is 12.0. The number of nitrogens with one attached hydrogen (secondary N) is 2. The van der Waals surface area contributed by atoms with Crippen LogP contribution >= 0.6 is 0 Å². The number of amides is 4. The van der Waals surface area contributed by atoms with Crippen molar-refractivity contribution in [3.8, 4) is 0 Å². The van der Waals surface area contributed by atoms with Gasteiger partial charge in [-0.3, -0.25) is 34.3 Å². The molecule has 4 fully saturated rings. The van der Waals surface area contributed by atoms with Gasteiger partial charge in [-0.1, -0.05) is 0 Å². The molecule has 4 heterocycles. The van der Waals surface area contributed by atoms with E-state index in [1.165, 1.54) is 25.9 Å². The van der Waals surface area contributed by atoms with Crippen molar-refractivity contribution >= 4 is 29.3 Å². The molecule has 4 atom stereocenters. The number of piperidine rings is 2. The van der Waals surface area contributed by atoms with E-state index in [1.807, 2.05) is 6.07 Å². The summed E-state index contributed by atoms with van der Waals surface area (Å²) in [5, 5.41) is 5.82. The van der Waals surface area contributed by atoms with Crippen molar-refractivity contribution in [2.45, 2.75) is 37.8 Å². The summed E-state index contributed by atoms with van der Waals surface area (Å²) >= 11 is 0. The van der Waals surface area contributed by atoms with E-state index in [2.05, 4.69) is 20.4 Å². The predicted octanol–water partition coefficient (Wildman–Crippen LogP) is 0.208. The molecule has 9 heteroatoms. The maximum atomic E-state index is 13.1. The van der Waals surface area contributed by atoms with Gasteiger partial charge in [-0.15, -0.1) is 0 Å². The Labute approximate surface area is 192 Å². The summed E-state index contributed by atoms with van der Waals surface area (Å²) in [6, 6.07) is 5.19. The van der Waals surface area contributed by atoms with Crippen LogP contribution in [0.3, 0.4) is 0 Å². The summed E-state index contributed by atoms with van der Waals surface area (Å²) in [6.45, 7) is 6.11. The molecule has 1 aliphatic carbocycles. The fourth-order valence-corrected chi connectivity index (χ4v) is 6.35. The van der Waals surface area contributed by atoms with Crippen LogP contribution in [0.5, 0.6) is 0 Å². The van der Waals surface area contributed by atoms with Gasteiger partial charge in [-0.2, -0.15) is 0 Å². The molecule has 2 bridgehead atoms. The summed E-state index contributed by atoms with van der Waals surface area (Å²) in [6.07, 6.45) is 2.93. The third-order valence-corrected chi connectivity index (χ3v) is 8.16. The maximum absolute atomic E-state index is 13.1. The Morgan fingerprint density at radius 1 is 0.939 bits per heavy atom. The lowest BCUT2D eigenvalue weighted by Gasteiger charge is -2.38. The maximum Gasteiger partial charge on any atom is 0.262 e. The number of fused-ring (bicyclic) bond motifs is 3. The smallest absolute Gasteiger partial charge is 0.262 e. The van der Waals surface area contributed by atoms with Gasteiger partial charge in [0.05, 0.1) is 11.1 Å². The summed E-state index contributed by atoms with van der Waals surface area (Å²) in [4.78, 5) is 55.5. The van der Waals surface area contributed by atoms with E-state index in [-0.39, 0.29) is 18.7 Å².